The molecule has 2 saturated heterocycles. The molecule has 0 spiro atoms. The van der Waals surface area contributed by atoms with Crippen molar-refractivity contribution in [1.29, 1.82) is 0 Å². The van der Waals surface area contributed by atoms with E-state index in [0.29, 0.717) is 24.7 Å². The Morgan fingerprint density at radius 2 is 1.76 bits per heavy atom. The number of fused-ring (bicyclic) bond motifs is 2. The van der Waals surface area contributed by atoms with E-state index in [9.17, 15) is 4.79 Å². The molecule has 1 N–H and O–H groups in total. The van der Waals surface area contributed by atoms with Crippen LogP contribution in [0.4, 0.5) is 0 Å². The van der Waals surface area contributed by atoms with Gasteiger partial charge in [-0.15, -0.1) is 0 Å². The highest BCUT2D eigenvalue weighted by molar-refractivity contribution is 5.81. The number of carbonyl (C=O) groups excluding carboxylic acids is 1. The first-order valence-electron chi connectivity index (χ1n) is 8.81. The molecule has 21 heavy (non-hydrogen) atoms. The molecule has 0 amide bonds. The summed E-state index contributed by atoms with van der Waals surface area (Å²) in [6, 6.07) is 1.60. The molecule has 1 saturated carbocycles. The van der Waals surface area contributed by atoms with E-state index in [1.165, 1.54) is 44.9 Å². The van der Waals surface area contributed by atoms with Crippen LogP contribution in [0.1, 0.15) is 64.7 Å². The summed E-state index contributed by atoms with van der Waals surface area (Å²) in [6.45, 7) is 2.40. The number of hydrogen-bond donors (Lipinski definition) is 1. The van der Waals surface area contributed by atoms with Gasteiger partial charge in [0.1, 0.15) is 5.54 Å². The number of esters is 1. The molecule has 0 aromatic carbocycles. The molecule has 3 fully saturated rings. The zero-order valence-corrected chi connectivity index (χ0v) is 13.6. The van der Waals surface area contributed by atoms with E-state index < -0.39 is 5.54 Å². The van der Waals surface area contributed by atoms with Gasteiger partial charge in [0.25, 0.3) is 0 Å². The third kappa shape index (κ3) is 2.98. The van der Waals surface area contributed by atoms with Gasteiger partial charge in [-0.25, -0.2) is 0 Å². The fraction of sp³-hybridized carbons (Fsp3) is 0.941. The van der Waals surface area contributed by atoms with Crippen LogP contribution in [0.15, 0.2) is 0 Å². The third-order valence-electron chi connectivity index (χ3n) is 5.90. The van der Waals surface area contributed by atoms with Crippen molar-refractivity contribution < 1.29 is 9.53 Å². The number of nitrogens with zero attached hydrogens (tertiary/aromatic N) is 1. The van der Waals surface area contributed by atoms with Crippen LogP contribution in [0.25, 0.3) is 0 Å². The number of hydrogen-bond acceptors (Lipinski definition) is 4. The van der Waals surface area contributed by atoms with Crippen LogP contribution >= 0.6 is 0 Å². The van der Waals surface area contributed by atoms with Gasteiger partial charge >= 0.3 is 5.97 Å². The molecule has 0 aromatic heterocycles. The second-order valence-electron chi connectivity index (χ2n) is 7.24. The lowest BCUT2D eigenvalue weighted by molar-refractivity contribution is -0.155. The van der Waals surface area contributed by atoms with Crippen molar-refractivity contribution >= 4 is 5.97 Å². The van der Waals surface area contributed by atoms with Gasteiger partial charge in [-0.3, -0.25) is 10.1 Å². The normalized spacial score (nSPS) is 37.6. The van der Waals surface area contributed by atoms with Crippen molar-refractivity contribution in [2.75, 3.05) is 13.7 Å². The average Bonchev–Trinajstić information content (AvgIpc) is 2.72. The summed E-state index contributed by atoms with van der Waals surface area (Å²) in [6.07, 6.45) is 10.7. The van der Waals surface area contributed by atoms with E-state index in [1.807, 2.05) is 6.92 Å². The Morgan fingerprint density at radius 1 is 1.14 bits per heavy atom. The lowest BCUT2D eigenvalue weighted by Crippen LogP contribution is -2.64. The fourth-order valence-corrected chi connectivity index (χ4v) is 4.72. The summed E-state index contributed by atoms with van der Waals surface area (Å²) in [5, 5.41) is 3.78. The first-order valence-corrected chi connectivity index (χ1v) is 8.81. The summed E-state index contributed by atoms with van der Waals surface area (Å²) in [4.78, 5) is 15.2. The van der Waals surface area contributed by atoms with E-state index in [4.69, 9.17) is 4.74 Å². The van der Waals surface area contributed by atoms with E-state index in [0.717, 1.165) is 12.8 Å². The van der Waals surface area contributed by atoms with E-state index in [1.54, 1.807) is 0 Å². The number of ether oxygens (including phenoxy) is 1. The first-order chi connectivity index (χ1) is 10.1. The highest BCUT2D eigenvalue weighted by Crippen LogP contribution is 2.41. The van der Waals surface area contributed by atoms with Crippen molar-refractivity contribution in [1.82, 2.24) is 10.2 Å². The monoisotopic (exact) mass is 294 g/mol. The summed E-state index contributed by atoms with van der Waals surface area (Å²) >= 11 is 0. The standard InChI is InChI=1S/C17H30N2O2/c1-3-21-16(20)17(18-13-7-5-4-6-8-13)11-14-9-10-15(12-17)19(14)2/h13-15,18H,3-12H2,1-2H3. The van der Waals surface area contributed by atoms with Crippen LogP contribution in [0.3, 0.4) is 0 Å². The second-order valence-corrected chi connectivity index (χ2v) is 7.24. The molecule has 2 bridgehead atoms. The smallest absolute Gasteiger partial charge is 0.326 e. The SMILES string of the molecule is CCOC(=O)C1(NC2CCCCC2)CC2CCC(C1)N2C. The minimum Gasteiger partial charge on any atom is -0.465 e. The Labute approximate surface area is 128 Å². The van der Waals surface area contributed by atoms with Gasteiger partial charge in [-0.05, 0) is 52.5 Å². The van der Waals surface area contributed by atoms with Crippen LogP contribution in [0.2, 0.25) is 0 Å². The molecule has 2 aliphatic heterocycles. The summed E-state index contributed by atoms with van der Waals surface area (Å²) in [7, 11) is 2.22. The van der Waals surface area contributed by atoms with Crippen molar-refractivity contribution in [3.63, 3.8) is 0 Å². The van der Waals surface area contributed by atoms with Crippen LogP contribution in [0, 0.1) is 0 Å². The van der Waals surface area contributed by atoms with Crippen molar-refractivity contribution in [3.05, 3.63) is 0 Å². The van der Waals surface area contributed by atoms with Crippen LogP contribution in [-0.4, -0.2) is 48.2 Å². The molecule has 2 unspecified atom stereocenters. The van der Waals surface area contributed by atoms with E-state index in [-0.39, 0.29) is 5.97 Å². The van der Waals surface area contributed by atoms with E-state index in [2.05, 4.69) is 17.3 Å². The summed E-state index contributed by atoms with van der Waals surface area (Å²) in [5.41, 5.74) is -0.420. The average molecular weight is 294 g/mol. The Kier molecular flexibility index (Phi) is 4.55. The molecule has 0 aromatic rings. The highest BCUT2D eigenvalue weighted by atomic mass is 16.5. The summed E-state index contributed by atoms with van der Waals surface area (Å²) < 4.78 is 5.47. The third-order valence-corrected chi connectivity index (χ3v) is 5.90. The van der Waals surface area contributed by atoms with Crippen LogP contribution in [0.5, 0.6) is 0 Å². The quantitative estimate of drug-likeness (QED) is 0.809. The van der Waals surface area contributed by atoms with Crippen molar-refractivity contribution in [3.8, 4) is 0 Å². The Hall–Kier alpha value is -0.610. The zero-order chi connectivity index (χ0) is 14.9. The molecule has 4 nitrogen and oxygen atoms in total. The number of rotatable bonds is 4. The lowest BCUT2D eigenvalue weighted by Gasteiger charge is -2.46. The molecule has 3 aliphatic rings. The predicted octanol–water partition coefficient (Wildman–Crippen LogP) is 2.47. The Balaban J connectivity index is 1.76. The number of nitrogens with one attached hydrogen (secondary N) is 1. The zero-order valence-electron chi connectivity index (χ0n) is 13.6. The maximum absolute atomic E-state index is 12.7. The maximum Gasteiger partial charge on any atom is 0.326 e. The van der Waals surface area contributed by atoms with Crippen LogP contribution in [-0.2, 0) is 9.53 Å². The van der Waals surface area contributed by atoms with Gasteiger partial charge in [0, 0.05) is 18.1 Å². The van der Waals surface area contributed by atoms with Crippen molar-refractivity contribution in [2.24, 2.45) is 0 Å². The fourth-order valence-electron chi connectivity index (χ4n) is 4.72. The largest absolute Gasteiger partial charge is 0.465 e. The molecular formula is C17H30N2O2. The van der Waals surface area contributed by atoms with Crippen molar-refractivity contribution in [2.45, 2.75) is 88.4 Å². The van der Waals surface area contributed by atoms with Gasteiger partial charge in [-0.1, -0.05) is 19.3 Å². The molecular weight excluding hydrogens is 264 g/mol. The van der Waals surface area contributed by atoms with Gasteiger partial charge in [-0.2, -0.15) is 0 Å². The molecule has 0 radical (unpaired) electrons. The molecule has 120 valence electrons. The Bertz CT molecular complexity index is 365. The molecule has 1 aliphatic carbocycles. The maximum atomic E-state index is 12.7. The van der Waals surface area contributed by atoms with Gasteiger partial charge in [0.15, 0.2) is 0 Å². The molecule has 3 rings (SSSR count). The van der Waals surface area contributed by atoms with Crippen LogP contribution < -0.4 is 5.32 Å². The topological polar surface area (TPSA) is 41.6 Å². The second kappa shape index (κ2) is 6.25. The minimum absolute atomic E-state index is 0.000531. The highest BCUT2D eigenvalue weighted by Gasteiger charge is 2.52. The van der Waals surface area contributed by atoms with E-state index >= 15 is 0 Å². The van der Waals surface area contributed by atoms with Gasteiger partial charge in [0.2, 0.25) is 0 Å². The van der Waals surface area contributed by atoms with Gasteiger partial charge in [0.05, 0.1) is 6.61 Å². The Morgan fingerprint density at radius 3 is 2.33 bits per heavy atom. The predicted molar refractivity (Wildman–Crippen MR) is 83.2 cm³/mol. The number of piperidine rings is 1. The first kappa shape index (κ1) is 15.3. The number of carbonyl (C=O) groups is 1. The lowest BCUT2D eigenvalue weighted by atomic mass is 9.81. The van der Waals surface area contributed by atoms with Gasteiger partial charge < -0.3 is 9.64 Å². The molecule has 2 heterocycles. The molecule has 4 heteroatoms. The summed E-state index contributed by atoms with van der Waals surface area (Å²) in [5.74, 6) is 0.000531. The molecule has 2 atom stereocenters. The minimum atomic E-state index is -0.420.